The number of halogens is 2. The van der Waals surface area contributed by atoms with Gasteiger partial charge in [-0.05, 0) is 55.2 Å². The maximum atomic E-state index is 14.0. The minimum Gasteiger partial charge on any atom is -0.382 e. The van der Waals surface area contributed by atoms with Gasteiger partial charge in [-0.25, -0.2) is 23.5 Å². The number of hydrogen-bond donors (Lipinski definition) is 2. The molecule has 2 N–H and O–H groups in total. The minimum absolute atomic E-state index is 0.0880. The molecule has 0 bridgehead atoms. The summed E-state index contributed by atoms with van der Waals surface area (Å²) in [5.74, 6) is -1.95. The van der Waals surface area contributed by atoms with E-state index in [0.29, 0.717) is 35.1 Å². The molecule has 0 fully saturated rings. The van der Waals surface area contributed by atoms with Crippen LogP contribution in [0, 0.1) is 5.92 Å². The SMILES string of the molecule is C[C@@H]1CNc2ccc(-c3cccc(C(C)(F)F)c3)nc2N(C(=O)Nc2cccc(C3=CC=CC3)n2)[C@@H]1C. The summed E-state index contributed by atoms with van der Waals surface area (Å²) < 4.78 is 27.9. The van der Waals surface area contributed by atoms with Crippen LogP contribution in [-0.4, -0.2) is 28.6 Å². The van der Waals surface area contributed by atoms with E-state index in [1.807, 2.05) is 37.3 Å². The molecule has 190 valence electrons. The second kappa shape index (κ2) is 9.76. The molecule has 3 aromatic rings. The largest absolute Gasteiger partial charge is 0.382 e. The Kier molecular flexibility index (Phi) is 6.50. The number of amides is 2. The molecule has 6 nitrogen and oxygen atoms in total. The van der Waals surface area contributed by atoms with Crippen LogP contribution in [-0.2, 0) is 5.92 Å². The summed E-state index contributed by atoms with van der Waals surface area (Å²) >= 11 is 0. The summed E-state index contributed by atoms with van der Waals surface area (Å²) in [6.45, 7) is 5.58. The first-order valence-corrected chi connectivity index (χ1v) is 12.4. The molecule has 2 atom stereocenters. The van der Waals surface area contributed by atoms with Crippen molar-refractivity contribution in [3.63, 3.8) is 0 Å². The van der Waals surface area contributed by atoms with Crippen LogP contribution in [0.2, 0.25) is 0 Å². The quantitative estimate of drug-likeness (QED) is 0.401. The summed E-state index contributed by atoms with van der Waals surface area (Å²) in [6, 6.07) is 14.8. The number of anilines is 3. The Labute approximate surface area is 215 Å². The normalized spacial score (nSPS) is 19.1. The van der Waals surface area contributed by atoms with Gasteiger partial charge in [0.25, 0.3) is 5.92 Å². The van der Waals surface area contributed by atoms with Crippen molar-refractivity contribution in [2.24, 2.45) is 5.92 Å². The van der Waals surface area contributed by atoms with E-state index < -0.39 is 5.92 Å². The third-order valence-electron chi connectivity index (χ3n) is 6.92. The highest BCUT2D eigenvalue weighted by Crippen LogP contribution is 2.36. The summed E-state index contributed by atoms with van der Waals surface area (Å²) in [4.78, 5) is 24.8. The molecular weight excluding hydrogens is 472 g/mol. The zero-order valence-electron chi connectivity index (χ0n) is 21.0. The molecule has 1 aliphatic carbocycles. The first-order valence-electron chi connectivity index (χ1n) is 12.4. The number of aromatic nitrogens is 2. The molecule has 2 aliphatic rings. The van der Waals surface area contributed by atoms with E-state index in [9.17, 15) is 13.6 Å². The van der Waals surface area contributed by atoms with Gasteiger partial charge >= 0.3 is 6.03 Å². The van der Waals surface area contributed by atoms with Crippen molar-refractivity contribution < 1.29 is 13.6 Å². The minimum atomic E-state index is -2.97. The van der Waals surface area contributed by atoms with Gasteiger partial charge < -0.3 is 5.32 Å². The van der Waals surface area contributed by atoms with Crippen LogP contribution in [0.3, 0.4) is 0 Å². The van der Waals surface area contributed by atoms with Crippen molar-refractivity contribution in [2.45, 2.75) is 39.2 Å². The Morgan fingerprint density at radius 1 is 1.08 bits per heavy atom. The molecule has 2 aromatic heterocycles. The average molecular weight is 502 g/mol. The number of carbonyl (C=O) groups is 1. The van der Waals surface area contributed by atoms with Crippen molar-refractivity contribution in [1.82, 2.24) is 9.97 Å². The molecule has 8 heteroatoms. The number of nitrogens with zero attached hydrogens (tertiary/aromatic N) is 3. The lowest BCUT2D eigenvalue weighted by molar-refractivity contribution is 0.0175. The van der Waals surface area contributed by atoms with E-state index >= 15 is 0 Å². The number of carbonyl (C=O) groups excluding carboxylic acids is 1. The van der Waals surface area contributed by atoms with Crippen molar-refractivity contribution in [1.29, 1.82) is 0 Å². The van der Waals surface area contributed by atoms with Crippen LogP contribution >= 0.6 is 0 Å². The Hall–Kier alpha value is -4.07. The van der Waals surface area contributed by atoms with Crippen LogP contribution in [0.4, 0.5) is 30.9 Å². The number of rotatable bonds is 4. The number of hydrogen-bond acceptors (Lipinski definition) is 4. The predicted molar refractivity (Wildman–Crippen MR) is 144 cm³/mol. The van der Waals surface area contributed by atoms with Gasteiger partial charge in [-0.2, -0.15) is 0 Å². The fourth-order valence-corrected chi connectivity index (χ4v) is 4.54. The molecule has 5 rings (SSSR count). The molecule has 1 aromatic carbocycles. The summed E-state index contributed by atoms with van der Waals surface area (Å²) in [5, 5.41) is 6.33. The van der Waals surface area contributed by atoms with Crippen LogP contribution in [0.1, 0.15) is 38.4 Å². The topological polar surface area (TPSA) is 70.2 Å². The highest BCUT2D eigenvalue weighted by molar-refractivity contribution is 6.03. The van der Waals surface area contributed by atoms with Crippen molar-refractivity contribution in [2.75, 3.05) is 22.1 Å². The second-order valence-electron chi connectivity index (χ2n) is 9.67. The van der Waals surface area contributed by atoms with E-state index in [-0.39, 0.29) is 23.6 Å². The van der Waals surface area contributed by atoms with Crippen LogP contribution in [0.15, 0.2) is 72.8 Å². The number of allylic oxidation sites excluding steroid dienone is 4. The van der Waals surface area contributed by atoms with Gasteiger partial charge in [0.1, 0.15) is 5.82 Å². The van der Waals surface area contributed by atoms with E-state index in [1.54, 1.807) is 29.2 Å². The summed E-state index contributed by atoms with van der Waals surface area (Å²) in [5.41, 5.74) is 3.58. The number of nitrogens with one attached hydrogen (secondary N) is 2. The van der Waals surface area contributed by atoms with E-state index in [4.69, 9.17) is 4.98 Å². The fraction of sp³-hybridized carbons (Fsp3) is 0.276. The molecule has 0 spiro atoms. The highest BCUT2D eigenvalue weighted by atomic mass is 19.3. The van der Waals surface area contributed by atoms with E-state index in [0.717, 1.165) is 24.6 Å². The van der Waals surface area contributed by atoms with E-state index in [1.165, 1.54) is 12.1 Å². The molecule has 0 saturated heterocycles. The number of pyridine rings is 2. The van der Waals surface area contributed by atoms with Crippen molar-refractivity contribution >= 4 is 28.9 Å². The van der Waals surface area contributed by atoms with Gasteiger partial charge in [-0.3, -0.25) is 10.2 Å². The van der Waals surface area contributed by atoms with E-state index in [2.05, 4.69) is 28.6 Å². The number of urea groups is 1. The number of benzene rings is 1. The lowest BCUT2D eigenvalue weighted by Crippen LogP contribution is -2.45. The third kappa shape index (κ3) is 5.09. The molecule has 0 radical (unpaired) electrons. The molecule has 0 saturated carbocycles. The Morgan fingerprint density at radius 2 is 1.89 bits per heavy atom. The first-order chi connectivity index (χ1) is 17.7. The number of fused-ring (bicyclic) bond motifs is 1. The van der Waals surface area contributed by atoms with Gasteiger partial charge in [0.15, 0.2) is 5.82 Å². The highest BCUT2D eigenvalue weighted by Gasteiger charge is 2.33. The molecule has 0 unspecified atom stereocenters. The zero-order chi connectivity index (χ0) is 26.2. The summed E-state index contributed by atoms with van der Waals surface area (Å²) in [7, 11) is 0. The van der Waals surface area contributed by atoms with Crippen molar-refractivity contribution in [3.8, 4) is 11.3 Å². The summed E-state index contributed by atoms with van der Waals surface area (Å²) in [6.07, 6.45) is 6.88. The zero-order valence-corrected chi connectivity index (χ0v) is 21.0. The first kappa shape index (κ1) is 24.6. The molecule has 2 amide bonds. The molecule has 37 heavy (non-hydrogen) atoms. The molecular formula is C29H29F2N5O. The Balaban J connectivity index is 1.50. The smallest absolute Gasteiger partial charge is 0.328 e. The molecule has 3 heterocycles. The second-order valence-corrected chi connectivity index (χ2v) is 9.67. The third-order valence-corrected chi connectivity index (χ3v) is 6.92. The Bertz CT molecular complexity index is 1400. The van der Waals surface area contributed by atoms with Crippen LogP contribution in [0.5, 0.6) is 0 Å². The monoisotopic (exact) mass is 501 g/mol. The average Bonchev–Trinajstić information content (AvgIpc) is 3.39. The lowest BCUT2D eigenvalue weighted by Gasteiger charge is -2.30. The lowest BCUT2D eigenvalue weighted by atomic mass is 10.0. The fourth-order valence-electron chi connectivity index (χ4n) is 4.54. The van der Waals surface area contributed by atoms with Crippen LogP contribution < -0.4 is 15.5 Å². The molecule has 1 aliphatic heterocycles. The maximum absolute atomic E-state index is 14.0. The van der Waals surface area contributed by atoms with Gasteiger partial charge in [-0.15, -0.1) is 0 Å². The maximum Gasteiger partial charge on any atom is 0.328 e. The van der Waals surface area contributed by atoms with Gasteiger partial charge in [0.05, 0.1) is 17.1 Å². The van der Waals surface area contributed by atoms with Gasteiger partial charge in [-0.1, -0.05) is 49.4 Å². The van der Waals surface area contributed by atoms with Gasteiger partial charge in [0, 0.05) is 30.6 Å². The van der Waals surface area contributed by atoms with Crippen molar-refractivity contribution in [3.05, 3.63) is 84.1 Å². The standard InChI is InChI=1S/C29H29F2N5O/c1-18-17-32-25-15-14-24(21-10-6-11-22(16-21)29(3,30)31)34-27(25)36(19(18)2)28(37)35-26-13-7-12-23(33-26)20-8-4-5-9-20/h4-8,10-16,18-19,32H,9,17H2,1-3H3,(H,33,35,37)/t18-,19-/m1/s1. The van der Waals surface area contributed by atoms with Crippen LogP contribution in [0.25, 0.3) is 16.8 Å². The Morgan fingerprint density at radius 3 is 2.65 bits per heavy atom. The predicted octanol–water partition coefficient (Wildman–Crippen LogP) is 7.09. The number of alkyl halides is 2. The van der Waals surface area contributed by atoms with Gasteiger partial charge in [0.2, 0.25) is 0 Å².